The molecule has 1 aromatic heterocycles. The third-order valence-electron chi connectivity index (χ3n) is 4.08. The second kappa shape index (κ2) is 8.23. The summed E-state index contributed by atoms with van der Waals surface area (Å²) in [6.45, 7) is 1.60. The van der Waals surface area contributed by atoms with Gasteiger partial charge in [0, 0.05) is 30.4 Å². The van der Waals surface area contributed by atoms with E-state index in [-0.39, 0.29) is 17.4 Å². The van der Waals surface area contributed by atoms with E-state index in [1.165, 1.54) is 36.4 Å². The lowest BCUT2D eigenvalue weighted by Gasteiger charge is -2.13. The molecule has 2 aromatic carbocycles. The Hall–Kier alpha value is -3.89. The molecule has 30 heavy (non-hydrogen) atoms. The lowest BCUT2D eigenvalue weighted by Crippen LogP contribution is -2.17. The average Bonchev–Trinajstić information content (AvgIpc) is 2.68. The summed E-state index contributed by atoms with van der Waals surface area (Å²) in [7, 11) is 1.59. The van der Waals surface area contributed by atoms with E-state index in [4.69, 9.17) is 0 Å². The van der Waals surface area contributed by atoms with Gasteiger partial charge in [0.1, 0.15) is 11.6 Å². The highest BCUT2D eigenvalue weighted by molar-refractivity contribution is 5.71. The van der Waals surface area contributed by atoms with Crippen LogP contribution in [0.5, 0.6) is 5.75 Å². The van der Waals surface area contributed by atoms with E-state index in [2.05, 4.69) is 25.3 Å². The number of nitro groups is 1. The number of benzene rings is 2. The Kier molecular flexibility index (Phi) is 5.72. The molecule has 3 aromatic rings. The number of nitrogens with one attached hydrogen (secondary N) is 2. The van der Waals surface area contributed by atoms with Gasteiger partial charge in [-0.25, -0.2) is 4.98 Å². The van der Waals surface area contributed by atoms with Crippen molar-refractivity contribution in [3.8, 4) is 17.0 Å². The monoisotopic (exact) mass is 419 g/mol. The fraction of sp³-hybridized carbons (Fsp3) is 0.158. The molecule has 3 rings (SSSR count). The molecule has 1 heterocycles. The third-order valence-corrected chi connectivity index (χ3v) is 4.08. The maximum atomic E-state index is 12.5. The zero-order valence-electron chi connectivity index (χ0n) is 15.8. The molecular formula is C19H16F3N5O3. The molecular weight excluding hydrogens is 403 g/mol. The number of hydrogen-bond acceptors (Lipinski definition) is 7. The number of halogens is 3. The molecule has 0 spiro atoms. The molecule has 8 nitrogen and oxygen atoms in total. The summed E-state index contributed by atoms with van der Waals surface area (Å²) >= 11 is 0. The first-order valence-electron chi connectivity index (χ1n) is 8.60. The Bertz CT molecular complexity index is 1090. The number of anilines is 3. The molecule has 2 N–H and O–H groups in total. The topological polar surface area (TPSA) is 102 Å². The number of nitrogens with zero attached hydrogens (tertiary/aromatic N) is 3. The van der Waals surface area contributed by atoms with Crippen LogP contribution in [0.4, 0.5) is 36.3 Å². The quantitative estimate of drug-likeness (QED) is 0.426. The highest BCUT2D eigenvalue weighted by atomic mass is 19.4. The largest absolute Gasteiger partial charge is 0.573 e. The summed E-state index contributed by atoms with van der Waals surface area (Å²) in [5.74, 6) is 0.129. The van der Waals surface area contributed by atoms with Crippen LogP contribution in [0, 0.1) is 17.0 Å². The van der Waals surface area contributed by atoms with Crippen LogP contribution >= 0.6 is 0 Å². The van der Waals surface area contributed by atoms with Gasteiger partial charge in [0.2, 0.25) is 5.95 Å². The van der Waals surface area contributed by atoms with Crippen LogP contribution in [0.25, 0.3) is 11.3 Å². The van der Waals surface area contributed by atoms with E-state index in [0.717, 1.165) is 0 Å². The van der Waals surface area contributed by atoms with Gasteiger partial charge < -0.3 is 15.4 Å². The highest BCUT2D eigenvalue weighted by Gasteiger charge is 2.31. The van der Waals surface area contributed by atoms with Crippen LogP contribution in [0.15, 0.2) is 48.5 Å². The standard InChI is InChI=1S/C19H16F3N5O3/c1-11-14(7-4-8-16(11)27(28)29)24-17-10-15(25-18(23-2)26-17)12-5-3-6-13(9-12)30-19(20,21)22/h3-10H,1-2H3,(H2,23,24,25,26). The third kappa shape index (κ3) is 4.93. The second-order valence-electron chi connectivity index (χ2n) is 6.12. The Morgan fingerprint density at radius 3 is 2.50 bits per heavy atom. The lowest BCUT2D eigenvalue weighted by atomic mass is 10.1. The van der Waals surface area contributed by atoms with Gasteiger partial charge in [0.05, 0.1) is 16.2 Å². The molecule has 0 aliphatic rings. The molecule has 0 atom stereocenters. The molecule has 0 aliphatic heterocycles. The Morgan fingerprint density at radius 2 is 1.83 bits per heavy atom. The number of ether oxygens (including phenoxy) is 1. The summed E-state index contributed by atoms with van der Waals surface area (Å²) in [5.41, 5.74) is 1.52. The van der Waals surface area contributed by atoms with Crippen LogP contribution in [0.2, 0.25) is 0 Å². The van der Waals surface area contributed by atoms with Crippen LogP contribution in [-0.2, 0) is 0 Å². The normalized spacial score (nSPS) is 11.1. The van der Waals surface area contributed by atoms with Crippen molar-refractivity contribution < 1.29 is 22.8 Å². The van der Waals surface area contributed by atoms with Crippen molar-refractivity contribution in [3.63, 3.8) is 0 Å². The van der Waals surface area contributed by atoms with Crippen molar-refractivity contribution in [3.05, 3.63) is 64.2 Å². The summed E-state index contributed by atoms with van der Waals surface area (Å²) in [5, 5.41) is 16.9. The molecule has 0 aliphatic carbocycles. The van der Waals surface area contributed by atoms with Gasteiger partial charge in [0.25, 0.3) is 5.69 Å². The van der Waals surface area contributed by atoms with Crippen molar-refractivity contribution in [1.29, 1.82) is 0 Å². The molecule has 0 radical (unpaired) electrons. The van der Waals surface area contributed by atoms with Gasteiger partial charge in [-0.3, -0.25) is 10.1 Å². The molecule has 0 saturated heterocycles. The smallest absolute Gasteiger partial charge is 0.406 e. The predicted molar refractivity (Wildman–Crippen MR) is 105 cm³/mol. The van der Waals surface area contributed by atoms with E-state index >= 15 is 0 Å². The Morgan fingerprint density at radius 1 is 1.10 bits per heavy atom. The molecule has 0 amide bonds. The number of nitro benzene ring substituents is 1. The SMILES string of the molecule is CNc1nc(Nc2cccc([N+](=O)[O-])c2C)cc(-c2cccc(OC(F)(F)F)c2)n1. The molecule has 0 fully saturated rings. The van der Waals surface area contributed by atoms with E-state index in [0.29, 0.717) is 28.3 Å². The first kappa shape index (κ1) is 20.8. The molecule has 0 unspecified atom stereocenters. The number of aromatic nitrogens is 2. The van der Waals surface area contributed by atoms with Gasteiger partial charge in [-0.15, -0.1) is 13.2 Å². The van der Waals surface area contributed by atoms with Crippen molar-refractivity contribution in [2.75, 3.05) is 17.7 Å². The van der Waals surface area contributed by atoms with Gasteiger partial charge in [-0.05, 0) is 25.1 Å². The van der Waals surface area contributed by atoms with Gasteiger partial charge in [-0.2, -0.15) is 4.98 Å². The zero-order chi connectivity index (χ0) is 21.9. The number of hydrogen-bond donors (Lipinski definition) is 2. The van der Waals surface area contributed by atoms with Gasteiger partial charge in [0.15, 0.2) is 0 Å². The first-order chi connectivity index (χ1) is 14.2. The molecule has 0 bridgehead atoms. The Labute approximate surface area is 168 Å². The average molecular weight is 419 g/mol. The van der Waals surface area contributed by atoms with E-state index in [1.54, 1.807) is 26.1 Å². The minimum absolute atomic E-state index is 0.0554. The van der Waals surface area contributed by atoms with Crippen LogP contribution in [0.1, 0.15) is 5.56 Å². The summed E-state index contributed by atoms with van der Waals surface area (Å²) in [4.78, 5) is 19.2. The van der Waals surface area contributed by atoms with Crippen molar-refractivity contribution >= 4 is 23.1 Å². The first-order valence-corrected chi connectivity index (χ1v) is 8.60. The van der Waals surface area contributed by atoms with Crippen LogP contribution < -0.4 is 15.4 Å². The minimum Gasteiger partial charge on any atom is -0.406 e. The Balaban J connectivity index is 1.99. The molecule has 156 valence electrons. The fourth-order valence-electron chi connectivity index (χ4n) is 2.72. The summed E-state index contributed by atoms with van der Waals surface area (Å²) in [6, 6.07) is 11.5. The number of alkyl halides is 3. The zero-order valence-corrected chi connectivity index (χ0v) is 15.8. The van der Waals surface area contributed by atoms with Crippen LogP contribution in [0.3, 0.4) is 0 Å². The van der Waals surface area contributed by atoms with Crippen molar-refractivity contribution in [1.82, 2.24) is 9.97 Å². The predicted octanol–water partition coefficient (Wildman–Crippen LogP) is 5.04. The van der Waals surface area contributed by atoms with Crippen molar-refractivity contribution in [2.45, 2.75) is 13.3 Å². The lowest BCUT2D eigenvalue weighted by molar-refractivity contribution is -0.385. The summed E-state index contributed by atoms with van der Waals surface area (Å²) < 4.78 is 41.5. The fourth-order valence-corrected chi connectivity index (χ4v) is 2.72. The molecule has 11 heteroatoms. The highest BCUT2D eigenvalue weighted by Crippen LogP contribution is 2.31. The van der Waals surface area contributed by atoms with Crippen molar-refractivity contribution in [2.24, 2.45) is 0 Å². The van der Waals surface area contributed by atoms with E-state index in [9.17, 15) is 23.3 Å². The second-order valence-corrected chi connectivity index (χ2v) is 6.12. The van der Waals surface area contributed by atoms with Gasteiger partial charge >= 0.3 is 6.36 Å². The number of rotatable bonds is 6. The maximum Gasteiger partial charge on any atom is 0.573 e. The van der Waals surface area contributed by atoms with E-state index < -0.39 is 11.3 Å². The summed E-state index contributed by atoms with van der Waals surface area (Å²) in [6.07, 6.45) is -4.81. The maximum absolute atomic E-state index is 12.5. The molecule has 0 saturated carbocycles. The van der Waals surface area contributed by atoms with Gasteiger partial charge in [-0.1, -0.05) is 18.2 Å². The van der Waals surface area contributed by atoms with Crippen LogP contribution in [-0.4, -0.2) is 28.3 Å². The van der Waals surface area contributed by atoms with E-state index in [1.807, 2.05) is 0 Å². The minimum atomic E-state index is -4.81.